The minimum absolute atomic E-state index is 0.113. The average molecular weight is 304 g/mol. The highest BCUT2D eigenvalue weighted by Gasteiger charge is 2.25. The molecule has 0 saturated carbocycles. The molecule has 5 nitrogen and oxygen atoms in total. The number of methoxy groups -OCH3 is 1. The van der Waals surface area contributed by atoms with E-state index in [-0.39, 0.29) is 4.90 Å². The Morgan fingerprint density at radius 1 is 1.42 bits per heavy atom. The maximum Gasteiger partial charge on any atom is 0.246 e. The van der Waals surface area contributed by atoms with Gasteiger partial charge in [0.05, 0.1) is 7.11 Å². The fourth-order valence-corrected chi connectivity index (χ4v) is 3.46. The molecule has 108 valence electrons. The van der Waals surface area contributed by atoms with Gasteiger partial charge in [0.15, 0.2) is 0 Å². The minimum atomic E-state index is -3.58. The van der Waals surface area contributed by atoms with Crippen LogP contribution in [0.15, 0.2) is 17.0 Å². The van der Waals surface area contributed by atoms with Gasteiger partial charge >= 0.3 is 0 Å². The summed E-state index contributed by atoms with van der Waals surface area (Å²) in [4.78, 5) is 0.113. The van der Waals surface area contributed by atoms with Crippen LogP contribution in [-0.2, 0) is 10.0 Å². The number of thioether (sulfide) groups is 1. The van der Waals surface area contributed by atoms with Crippen LogP contribution < -0.4 is 10.5 Å². The third-order valence-corrected chi connectivity index (χ3v) is 5.32. The summed E-state index contributed by atoms with van der Waals surface area (Å²) in [6.45, 7) is 2.26. The van der Waals surface area contributed by atoms with E-state index in [0.717, 1.165) is 11.3 Å². The summed E-state index contributed by atoms with van der Waals surface area (Å²) in [6, 6.07) is 3.10. The standard InChI is InChI=1S/C12H20N2O3S2/c1-9-7-11(17-3)12(8-10(9)13)19(15,16)14(2)5-6-18-4/h7-8H,5-6,13H2,1-4H3. The summed E-state index contributed by atoms with van der Waals surface area (Å²) in [5, 5.41) is 0. The predicted octanol–water partition coefficient (Wildman–Crippen LogP) is 1.57. The average Bonchev–Trinajstić information content (AvgIpc) is 2.38. The predicted molar refractivity (Wildman–Crippen MR) is 80.3 cm³/mol. The quantitative estimate of drug-likeness (QED) is 0.808. The van der Waals surface area contributed by atoms with Crippen LogP contribution in [0.1, 0.15) is 5.56 Å². The molecular weight excluding hydrogens is 284 g/mol. The Morgan fingerprint density at radius 3 is 2.58 bits per heavy atom. The fourth-order valence-electron chi connectivity index (χ4n) is 1.55. The fraction of sp³-hybridized carbons (Fsp3) is 0.500. The molecule has 2 N–H and O–H groups in total. The van der Waals surface area contributed by atoms with Gasteiger partial charge in [0.25, 0.3) is 0 Å². The lowest BCUT2D eigenvalue weighted by molar-refractivity contribution is 0.399. The molecule has 0 amide bonds. The zero-order valence-electron chi connectivity index (χ0n) is 11.6. The van der Waals surface area contributed by atoms with E-state index in [4.69, 9.17) is 10.5 Å². The van der Waals surface area contributed by atoms with Crippen LogP contribution in [0, 0.1) is 6.92 Å². The minimum Gasteiger partial charge on any atom is -0.495 e. The van der Waals surface area contributed by atoms with Crippen molar-refractivity contribution in [2.75, 3.05) is 38.4 Å². The number of anilines is 1. The van der Waals surface area contributed by atoms with E-state index in [1.165, 1.54) is 17.5 Å². The Bertz CT molecular complexity index is 544. The number of rotatable bonds is 6. The van der Waals surface area contributed by atoms with E-state index in [1.54, 1.807) is 24.9 Å². The number of benzene rings is 1. The number of aryl methyl sites for hydroxylation is 1. The van der Waals surface area contributed by atoms with Gasteiger partial charge in [0.1, 0.15) is 10.6 Å². The molecule has 0 spiro atoms. The van der Waals surface area contributed by atoms with Crippen molar-refractivity contribution in [1.82, 2.24) is 4.31 Å². The molecule has 0 fully saturated rings. The molecule has 1 rings (SSSR count). The topological polar surface area (TPSA) is 72.6 Å². The van der Waals surface area contributed by atoms with E-state index in [9.17, 15) is 8.42 Å². The summed E-state index contributed by atoms with van der Waals surface area (Å²) in [5.41, 5.74) is 7.03. The molecular formula is C12H20N2O3S2. The molecule has 0 atom stereocenters. The van der Waals surface area contributed by atoms with Crippen LogP contribution in [0.5, 0.6) is 5.75 Å². The van der Waals surface area contributed by atoms with Gasteiger partial charge in [0, 0.05) is 25.0 Å². The normalized spacial score (nSPS) is 11.8. The van der Waals surface area contributed by atoms with Crippen molar-refractivity contribution < 1.29 is 13.2 Å². The van der Waals surface area contributed by atoms with Crippen molar-refractivity contribution in [1.29, 1.82) is 0 Å². The van der Waals surface area contributed by atoms with E-state index < -0.39 is 10.0 Å². The zero-order valence-corrected chi connectivity index (χ0v) is 13.3. The lowest BCUT2D eigenvalue weighted by Gasteiger charge is -2.19. The number of hydrogen-bond donors (Lipinski definition) is 1. The van der Waals surface area contributed by atoms with Crippen molar-refractivity contribution in [2.24, 2.45) is 0 Å². The summed E-state index contributed by atoms with van der Waals surface area (Å²) < 4.78 is 31.4. The maximum atomic E-state index is 12.5. The number of nitrogen functional groups attached to an aromatic ring is 1. The Morgan fingerprint density at radius 2 is 2.05 bits per heavy atom. The monoisotopic (exact) mass is 304 g/mol. The second-order valence-electron chi connectivity index (χ2n) is 4.18. The van der Waals surface area contributed by atoms with Crippen LogP contribution in [0.3, 0.4) is 0 Å². The lowest BCUT2D eigenvalue weighted by Crippen LogP contribution is -2.29. The van der Waals surface area contributed by atoms with Crippen molar-refractivity contribution in [2.45, 2.75) is 11.8 Å². The van der Waals surface area contributed by atoms with Crippen LogP contribution in [0.4, 0.5) is 5.69 Å². The second kappa shape index (κ2) is 6.49. The smallest absolute Gasteiger partial charge is 0.246 e. The Balaban J connectivity index is 3.24. The first-order valence-electron chi connectivity index (χ1n) is 5.74. The highest BCUT2D eigenvalue weighted by Crippen LogP contribution is 2.30. The van der Waals surface area contributed by atoms with Crippen LogP contribution in [0.25, 0.3) is 0 Å². The zero-order chi connectivity index (χ0) is 14.6. The maximum absolute atomic E-state index is 12.5. The highest BCUT2D eigenvalue weighted by atomic mass is 32.2. The van der Waals surface area contributed by atoms with Crippen molar-refractivity contribution >= 4 is 27.5 Å². The number of nitrogens with zero attached hydrogens (tertiary/aromatic N) is 1. The molecule has 0 saturated heterocycles. The lowest BCUT2D eigenvalue weighted by atomic mass is 10.2. The molecule has 0 aromatic heterocycles. The Labute approximate surface area is 119 Å². The van der Waals surface area contributed by atoms with E-state index in [2.05, 4.69) is 0 Å². The van der Waals surface area contributed by atoms with Gasteiger partial charge in [-0.25, -0.2) is 8.42 Å². The molecule has 7 heteroatoms. The SMILES string of the molecule is COc1cc(C)c(N)cc1S(=O)(=O)N(C)CCSC. The van der Waals surface area contributed by atoms with Gasteiger partial charge in [-0.2, -0.15) is 16.1 Å². The van der Waals surface area contributed by atoms with Crippen molar-refractivity contribution in [3.8, 4) is 5.75 Å². The van der Waals surface area contributed by atoms with Crippen molar-refractivity contribution in [3.63, 3.8) is 0 Å². The van der Waals surface area contributed by atoms with Gasteiger partial charge in [0.2, 0.25) is 10.0 Å². The molecule has 0 unspecified atom stereocenters. The molecule has 0 bridgehead atoms. The van der Waals surface area contributed by atoms with Crippen LogP contribution in [0.2, 0.25) is 0 Å². The molecule has 0 aliphatic carbocycles. The van der Waals surface area contributed by atoms with Crippen LogP contribution >= 0.6 is 11.8 Å². The van der Waals surface area contributed by atoms with Gasteiger partial charge in [-0.3, -0.25) is 0 Å². The van der Waals surface area contributed by atoms with Gasteiger partial charge in [-0.1, -0.05) is 0 Å². The third kappa shape index (κ3) is 3.55. The Hall–Kier alpha value is -0.920. The largest absolute Gasteiger partial charge is 0.495 e. The number of ether oxygens (including phenoxy) is 1. The van der Waals surface area contributed by atoms with Crippen molar-refractivity contribution in [3.05, 3.63) is 17.7 Å². The summed E-state index contributed by atoms with van der Waals surface area (Å²) in [6.07, 6.45) is 1.94. The van der Waals surface area contributed by atoms with Gasteiger partial charge < -0.3 is 10.5 Å². The van der Waals surface area contributed by atoms with Gasteiger partial charge in [-0.05, 0) is 30.9 Å². The molecule has 1 aromatic rings. The van der Waals surface area contributed by atoms with E-state index >= 15 is 0 Å². The highest BCUT2D eigenvalue weighted by molar-refractivity contribution is 7.98. The van der Waals surface area contributed by atoms with Crippen LogP contribution in [-0.4, -0.2) is 45.4 Å². The molecule has 1 aromatic carbocycles. The van der Waals surface area contributed by atoms with E-state index in [1.807, 2.05) is 13.2 Å². The molecule has 0 radical (unpaired) electrons. The third-order valence-electron chi connectivity index (χ3n) is 2.85. The van der Waals surface area contributed by atoms with Gasteiger partial charge in [-0.15, -0.1) is 0 Å². The Kier molecular flexibility index (Phi) is 5.51. The summed E-state index contributed by atoms with van der Waals surface area (Å²) in [7, 11) is -0.571. The number of nitrogens with two attached hydrogens (primary N) is 1. The first-order chi connectivity index (χ1) is 8.84. The second-order valence-corrected chi connectivity index (χ2v) is 7.18. The molecule has 0 heterocycles. The first-order valence-corrected chi connectivity index (χ1v) is 8.57. The van der Waals surface area contributed by atoms with E-state index in [0.29, 0.717) is 18.0 Å². The number of sulfonamides is 1. The molecule has 0 aliphatic heterocycles. The summed E-state index contributed by atoms with van der Waals surface area (Å²) >= 11 is 1.59. The number of hydrogen-bond acceptors (Lipinski definition) is 5. The molecule has 0 aliphatic rings. The molecule has 19 heavy (non-hydrogen) atoms. The summed E-state index contributed by atoms with van der Waals surface area (Å²) in [5.74, 6) is 1.06. The first kappa shape index (κ1) is 16.1.